The summed E-state index contributed by atoms with van der Waals surface area (Å²) < 4.78 is 15.8. The molecule has 1 aliphatic heterocycles. The van der Waals surface area contributed by atoms with Crippen LogP contribution in [0.5, 0.6) is 17.2 Å². The highest BCUT2D eigenvalue weighted by atomic mass is 16.5. The van der Waals surface area contributed by atoms with Crippen molar-refractivity contribution in [3.05, 3.63) is 17.7 Å². The number of carbonyl (C=O) groups is 1. The largest absolute Gasteiger partial charge is 0.493 e. The molecule has 22 heavy (non-hydrogen) atoms. The first-order valence-corrected chi connectivity index (χ1v) is 7.18. The van der Waals surface area contributed by atoms with Gasteiger partial charge in [0.1, 0.15) is 5.84 Å². The molecule has 6 nitrogen and oxygen atoms in total. The number of amidine groups is 1. The molecule has 1 aliphatic rings. The Hall–Kier alpha value is -2.24. The summed E-state index contributed by atoms with van der Waals surface area (Å²) in [4.78, 5) is 19.0. The van der Waals surface area contributed by atoms with Crippen molar-refractivity contribution in [2.45, 2.75) is 12.8 Å². The van der Waals surface area contributed by atoms with Gasteiger partial charge in [-0.05, 0) is 18.6 Å². The fourth-order valence-corrected chi connectivity index (χ4v) is 2.44. The van der Waals surface area contributed by atoms with Gasteiger partial charge in [0, 0.05) is 25.7 Å². The van der Waals surface area contributed by atoms with E-state index in [2.05, 4.69) is 4.99 Å². The number of rotatable bonds is 6. The average Bonchev–Trinajstić information content (AvgIpc) is 2.55. The lowest BCUT2D eigenvalue weighted by Gasteiger charge is -2.24. The molecule has 1 aromatic rings. The third-order valence-electron chi connectivity index (χ3n) is 3.69. The second kappa shape index (κ2) is 7.15. The molecule has 0 saturated heterocycles. The normalized spacial score (nSPS) is 14.4. The number of methoxy groups -OCH3 is 3. The van der Waals surface area contributed by atoms with E-state index in [1.54, 1.807) is 12.1 Å². The molecule has 1 heterocycles. The lowest BCUT2D eigenvalue weighted by Crippen LogP contribution is -2.33. The van der Waals surface area contributed by atoms with E-state index in [-0.39, 0.29) is 12.2 Å². The van der Waals surface area contributed by atoms with E-state index in [0.29, 0.717) is 22.8 Å². The third-order valence-corrected chi connectivity index (χ3v) is 3.69. The molecule has 6 heteroatoms. The second-order valence-corrected chi connectivity index (χ2v) is 5.09. The fourth-order valence-electron chi connectivity index (χ4n) is 2.44. The van der Waals surface area contributed by atoms with E-state index in [1.807, 2.05) is 11.9 Å². The third kappa shape index (κ3) is 3.32. The van der Waals surface area contributed by atoms with Gasteiger partial charge >= 0.3 is 0 Å². The van der Waals surface area contributed by atoms with E-state index in [9.17, 15) is 4.79 Å². The van der Waals surface area contributed by atoms with Crippen LogP contribution in [-0.2, 0) is 0 Å². The summed E-state index contributed by atoms with van der Waals surface area (Å²) in [5.74, 6) is 2.23. The first-order valence-electron chi connectivity index (χ1n) is 7.18. The Bertz CT molecular complexity index is 559. The first kappa shape index (κ1) is 16.1. The van der Waals surface area contributed by atoms with E-state index in [0.717, 1.165) is 25.3 Å². The van der Waals surface area contributed by atoms with Crippen LogP contribution in [0.1, 0.15) is 23.2 Å². The van der Waals surface area contributed by atoms with Crippen LogP contribution in [0.25, 0.3) is 0 Å². The molecule has 0 unspecified atom stereocenters. The Morgan fingerprint density at radius 1 is 1.18 bits per heavy atom. The molecule has 0 fully saturated rings. The van der Waals surface area contributed by atoms with Crippen molar-refractivity contribution in [1.29, 1.82) is 0 Å². The van der Waals surface area contributed by atoms with Gasteiger partial charge in [0.25, 0.3) is 0 Å². The molecule has 0 N–H and O–H groups in total. The number of aliphatic imine (C=N–C) groups is 1. The van der Waals surface area contributed by atoms with E-state index in [1.165, 1.54) is 21.3 Å². The Kier molecular flexibility index (Phi) is 5.25. The molecule has 0 aromatic heterocycles. The van der Waals surface area contributed by atoms with Crippen LogP contribution in [0.2, 0.25) is 0 Å². The van der Waals surface area contributed by atoms with Gasteiger partial charge in [-0.25, -0.2) is 0 Å². The summed E-state index contributed by atoms with van der Waals surface area (Å²) >= 11 is 0. The minimum Gasteiger partial charge on any atom is -0.493 e. The number of nitrogens with zero attached hydrogens (tertiary/aromatic N) is 2. The Morgan fingerprint density at radius 2 is 1.82 bits per heavy atom. The fraction of sp³-hybridized carbons (Fsp3) is 0.500. The zero-order valence-electron chi connectivity index (χ0n) is 13.5. The maximum atomic E-state index is 12.5. The Balaban J connectivity index is 2.27. The number of ether oxygens (including phenoxy) is 3. The molecule has 0 bridgehead atoms. The topological polar surface area (TPSA) is 60.4 Å². The summed E-state index contributed by atoms with van der Waals surface area (Å²) in [7, 11) is 6.56. The van der Waals surface area contributed by atoms with Crippen LogP contribution in [0.4, 0.5) is 0 Å². The molecule has 1 aromatic carbocycles. The molecule has 0 spiro atoms. The number of hydrogen-bond donors (Lipinski definition) is 0. The molecule has 0 aliphatic carbocycles. The van der Waals surface area contributed by atoms with Crippen molar-refractivity contribution in [2.75, 3.05) is 41.5 Å². The molecule has 2 rings (SSSR count). The lowest BCUT2D eigenvalue weighted by atomic mass is 10.1. The zero-order valence-corrected chi connectivity index (χ0v) is 13.5. The monoisotopic (exact) mass is 306 g/mol. The summed E-state index contributed by atoms with van der Waals surface area (Å²) in [5, 5.41) is 0. The predicted octanol–water partition coefficient (Wildman–Crippen LogP) is 2.02. The van der Waals surface area contributed by atoms with Crippen LogP contribution >= 0.6 is 0 Å². The summed E-state index contributed by atoms with van der Waals surface area (Å²) in [6.45, 7) is 1.71. The smallest absolute Gasteiger partial charge is 0.203 e. The van der Waals surface area contributed by atoms with Gasteiger partial charge < -0.3 is 19.1 Å². The maximum Gasteiger partial charge on any atom is 0.203 e. The summed E-state index contributed by atoms with van der Waals surface area (Å²) in [5.41, 5.74) is 0.524. The van der Waals surface area contributed by atoms with Crippen LogP contribution in [0.15, 0.2) is 17.1 Å². The van der Waals surface area contributed by atoms with Gasteiger partial charge in [-0.15, -0.1) is 0 Å². The summed E-state index contributed by atoms with van der Waals surface area (Å²) in [6, 6.07) is 3.35. The highest BCUT2D eigenvalue weighted by Gasteiger charge is 2.20. The molecule has 0 atom stereocenters. The van der Waals surface area contributed by atoms with E-state index >= 15 is 0 Å². The van der Waals surface area contributed by atoms with Gasteiger partial charge in [0.2, 0.25) is 5.75 Å². The van der Waals surface area contributed by atoms with Crippen molar-refractivity contribution in [1.82, 2.24) is 4.90 Å². The highest BCUT2D eigenvalue weighted by molar-refractivity contribution is 6.09. The molecular formula is C16H22N2O4. The zero-order chi connectivity index (χ0) is 16.1. The van der Waals surface area contributed by atoms with Crippen LogP contribution in [0.3, 0.4) is 0 Å². The van der Waals surface area contributed by atoms with Crippen molar-refractivity contribution < 1.29 is 19.0 Å². The highest BCUT2D eigenvalue weighted by Crippen LogP contribution is 2.38. The van der Waals surface area contributed by atoms with Gasteiger partial charge in [0.05, 0.1) is 27.8 Å². The van der Waals surface area contributed by atoms with Crippen LogP contribution < -0.4 is 14.2 Å². The number of carbonyl (C=O) groups excluding carboxylic acids is 1. The quantitative estimate of drug-likeness (QED) is 0.753. The van der Waals surface area contributed by atoms with E-state index in [4.69, 9.17) is 14.2 Å². The van der Waals surface area contributed by atoms with Crippen molar-refractivity contribution in [3.63, 3.8) is 0 Å². The van der Waals surface area contributed by atoms with Crippen LogP contribution in [-0.4, -0.2) is 58.0 Å². The lowest BCUT2D eigenvalue weighted by molar-refractivity contribution is 0.0996. The summed E-state index contributed by atoms with van der Waals surface area (Å²) in [6.07, 6.45) is 1.30. The number of benzene rings is 1. The SMILES string of the molecule is COc1cc(C(=O)CC2=NCCCN2C)cc(OC)c1OC. The number of ketones is 1. The van der Waals surface area contributed by atoms with E-state index < -0.39 is 0 Å². The predicted molar refractivity (Wildman–Crippen MR) is 84.6 cm³/mol. The minimum atomic E-state index is -0.0215. The Morgan fingerprint density at radius 3 is 2.32 bits per heavy atom. The number of Topliss-reactive ketones (excluding diaryl/α,β-unsaturated/α-hetero) is 1. The van der Waals surface area contributed by atoms with Crippen molar-refractivity contribution >= 4 is 11.6 Å². The van der Waals surface area contributed by atoms with Gasteiger partial charge in [0.15, 0.2) is 17.3 Å². The van der Waals surface area contributed by atoms with Gasteiger partial charge in [-0.1, -0.05) is 0 Å². The second-order valence-electron chi connectivity index (χ2n) is 5.09. The van der Waals surface area contributed by atoms with Gasteiger partial charge in [-0.2, -0.15) is 0 Å². The molecule has 120 valence electrons. The van der Waals surface area contributed by atoms with Crippen molar-refractivity contribution in [2.24, 2.45) is 4.99 Å². The van der Waals surface area contributed by atoms with Gasteiger partial charge in [-0.3, -0.25) is 9.79 Å². The minimum absolute atomic E-state index is 0.0215. The molecular weight excluding hydrogens is 284 g/mol. The standard InChI is InChI=1S/C16H22N2O4/c1-18-7-5-6-17-15(18)10-12(19)11-8-13(20-2)16(22-4)14(9-11)21-3/h8-9H,5-7,10H2,1-4H3. The van der Waals surface area contributed by atoms with Crippen molar-refractivity contribution in [3.8, 4) is 17.2 Å². The maximum absolute atomic E-state index is 12.5. The Labute approximate surface area is 130 Å². The molecule has 0 radical (unpaired) electrons. The van der Waals surface area contributed by atoms with Crippen LogP contribution in [0, 0.1) is 0 Å². The average molecular weight is 306 g/mol. The first-order chi connectivity index (χ1) is 10.6. The molecule has 0 saturated carbocycles. The number of hydrogen-bond acceptors (Lipinski definition) is 6. The molecule has 0 amide bonds.